The third-order valence-corrected chi connectivity index (χ3v) is 2.00. The molecule has 0 unspecified atom stereocenters. The average molecular weight is 140 g/mol. The number of allylic oxidation sites excluding steroid dienone is 1. The number of aliphatic hydroxyl groups excluding tert-OH is 1. The Kier molecular flexibility index (Phi) is 2.50. The summed E-state index contributed by atoms with van der Waals surface area (Å²) in [5.74, 6) is 1.31. The first-order chi connectivity index (χ1) is 4.74. The van der Waals surface area contributed by atoms with Crippen molar-refractivity contribution in [3.05, 3.63) is 11.6 Å². The zero-order chi connectivity index (χ0) is 7.56. The number of aliphatic hydroxyl groups is 1. The van der Waals surface area contributed by atoms with Gasteiger partial charge in [-0.05, 0) is 30.3 Å². The first-order valence-corrected chi connectivity index (χ1v) is 4.05. The summed E-state index contributed by atoms with van der Waals surface area (Å²) in [7, 11) is 0. The molecule has 0 aromatic heterocycles. The molecule has 1 aliphatic rings. The summed E-state index contributed by atoms with van der Waals surface area (Å²) in [5.41, 5.74) is 1.21. The van der Waals surface area contributed by atoms with Gasteiger partial charge in [0.05, 0.1) is 6.61 Å². The highest BCUT2D eigenvalue weighted by atomic mass is 16.3. The molecule has 10 heavy (non-hydrogen) atoms. The van der Waals surface area contributed by atoms with E-state index in [-0.39, 0.29) is 6.61 Å². The van der Waals surface area contributed by atoms with E-state index in [4.69, 9.17) is 5.11 Å². The van der Waals surface area contributed by atoms with Gasteiger partial charge in [0.2, 0.25) is 0 Å². The summed E-state index contributed by atoms with van der Waals surface area (Å²) in [4.78, 5) is 0. The molecular weight excluding hydrogens is 124 g/mol. The lowest BCUT2D eigenvalue weighted by Crippen LogP contribution is -1.99. The summed E-state index contributed by atoms with van der Waals surface area (Å²) < 4.78 is 0. The summed E-state index contributed by atoms with van der Waals surface area (Å²) in [5, 5.41) is 8.90. The van der Waals surface area contributed by atoms with Crippen molar-refractivity contribution in [3.8, 4) is 0 Å². The third-order valence-electron chi connectivity index (χ3n) is 2.00. The second kappa shape index (κ2) is 3.20. The van der Waals surface area contributed by atoms with Crippen LogP contribution in [0.1, 0.15) is 26.7 Å². The van der Waals surface area contributed by atoms with Crippen LogP contribution < -0.4 is 0 Å². The van der Waals surface area contributed by atoms with Crippen LogP contribution in [-0.4, -0.2) is 11.7 Å². The van der Waals surface area contributed by atoms with Gasteiger partial charge in [0.15, 0.2) is 0 Å². The largest absolute Gasteiger partial charge is 0.392 e. The van der Waals surface area contributed by atoms with Gasteiger partial charge in [-0.1, -0.05) is 19.9 Å². The van der Waals surface area contributed by atoms with E-state index >= 15 is 0 Å². The van der Waals surface area contributed by atoms with Crippen molar-refractivity contribution < 1.29 is 5.11 Å². The van der Waals surface area contributed by atoms with Crippen LogP contribution in [0.5, 0.6) is 0 Å². The van der Waals surface area contributed by atoms with Gasteiger partial charge in [0.1, 0.15) is 0 Å². The second-order valence-electron chi connectivity index (χ2n) is 3.39. The van der Waals surface area contributed by atoms with Crippen LogP contribution in [0, 0.1) is 11.8 Å². The Bertz CT molecular complexity index is 132. The van der Waals surface area contributed by atoms with Crippen LogP contribution >= 0.6 is 0 Å². The van der Waals surface area contributed by atoms with Crippen molar-refractivity contribution in [1.82, 2.24) is 0 Å². The Morgan fingerprint density at radius 3 is 2.50 bits per heavy atom. The minimum absolute atomic E-state index is 0.244. The molecule has 1 aliphatic carbocycles. The minimum Gasteiger partial charge on any atom is -0.392 e. The van der Waals surface area contributed by atoms with Crippen LogP contribution in [0.25, 0.3) is 0 Å². The molecule has 1 nitrogen and oxygen atoms in total. The van der Waals surface area contributed by atoms with Gasteiger partial charge < -0.3 is 5.11 Å². The zero-order valence-electron chi connectivity index (χ0n) is 6.80. The van der Waals surface area contributed by atoms with E-state index in [0.717, 1.165) is 5.92 Å². The van der Waals surface area contributed by atoms with Crippen LogP contribution in [0.3, 0.4) is 0 Å². The highest BCUT2D eigenvalue weighted by Crippen LogP contribution is 2.32. The van der Waals surface area contributed by atoms with Crippen LogP contribution in [0.2, 0.25) is 0 Å². The normalized spacial score (nSPS) is 20.2. The molecule has 1 N–H and O–H groups in total. The molecule has 0 saturated heterocycles. The number of hydrogen-bond donors (Lipinski definition) is 1. The van der Waals surface area contributed by atoms with Crippen molar-refractivity contribution >= 4 is 0 Å². The van der Waals surface area contributed by atoms with E-state index < -0.39 is 0 Å². The van der Waals surface area contributed by atoms with Gasteiger partial charge in [-0.2, -0.15) is 0 Å². The lowest BCUT2D eigenvalue weighted by atomic mass is 10.0. The van der Waals surface area contributed by atoms with E-state index in [2.05, 4.69) is 19.9 Å². The maximum absolute atomic E-state index is 8.90. The molecule has 0 aromatic carbocycles. The molecule has 1 fully saturated rings. The molecule has 1 rings (SSSR count). The Balaban J connectivity index is 2.44. The standard InChI is InChI=1S/C9H16O/c1-7(2)9(6-10)5-8-3-4-8/h5,7-8,10H,3-4,6H2,1-2H3. The Labute approximate surface area is 62.8 Å². The Morgan fingerprint density at radius 1 is 1.60 bits per heavy atom. The van der Waals surface area contributed by atoms with Gasteiger partial charge in [-0.3, -0.25) is 0 Å². The molecule has 0 aromatic rings. The Hall–Kier alpha value is -0.300. The smallest absolute Gasteiger partial charge is 0.0644 e. The average Bonchev–Trinajstić information content (AvgIpc) is 2.64. The van der Waals surface area contributed by atoms with E-state index in [9.17, 15) is 0 Å². The molecule has 1 heteroatoms. The molecule has 0 aliphatic heterocycles. The Morgan fingerprint density at radius 2 is 2.20 bits per heavy atom. The van der Waals surface area contributed by atoms with E-state index in [1.165, 1.54) is 18.4 Å². The van der Waals surface area contributed by atoms with Crippen molar-refractivity contribution in [3.63, 3.8) is 0 Å². The van der Waals surface area contributed by atoms with Gasteiger partial charge in [-0.15, -0.1) is 0 Å². The van der Waals surface area contributed by atoms with Crippen molar-refractivity contribution in [2.24, 2.45) is 11.8 Å². The lowest BCUT2D eigenvalue weighted by molar-refractivity contribution is 0.318. The minimum atomic E-state index is 0.244. The van der Waals surface area contributed by atoms with Gasteiger partial charge in [0.25, 0.3) is 0 Å². The SMILES string of the molecule is CC(C)C(=CC1CC1)CO. The van der Waals surface area contributed by atoms with E-state index in [1.807, 2.05) is 0 Å². The third kappa shape index (κ3) is 2.14. The molecule has 1 saturated carbocycles. The summed E-state index contributed by atoms with van der Waals surface area (Å²) in [6.07, 6.45) is 4.90. The number of hydrogen-bond acceptors (Lipinski definition) is 1. The molecule has 0 bridgehead atoms. The second-order valence-corrected chi connectivity index (χ2v) is 3.39. The molecule has 58 valence electrons. The molecule has 0 spiro atoms. The van der Waals surface area contributed by atoms with E-state index in [1.54, 1.807) is 0 Å². The zero-order valence-corrected chi connectivity index (χ0v) is 6.80. The van der Waals surface area contributed by atoms with Gasteiger partial charge in [-0.25, -0.2) is 0 Å². The monoisotopic (exact) mass is 140 g/mol. The highest BCUT2D eigenvalue weighted by molar-refractivity contribution is 5.10. The van der Waals surface area contributed by atoms with Crippen molar-refractivity contribution in [2.75, 3.05) is 6.61 Å². The molecule has 0 amide bonds. The van der Waals surface area contributed by atoms with Crippen LogP contribution in [0.15, 0.2) is 11.6 Å². The fourth-order valence-corrected chi connectivity index (χ4v) is 0.993. The maximum Gasteiger partial charge on any atom is 0.0644 e. The fraction of sp³-hybridized carbons (Fsp3) is 0.778. The fourth-order valence-electron chi connectivity index (χ4n) is 0.993. The summed E-state index contributed by atoms with van der Waals surface area (Å²) in [6.45, 7) is 4.50. The van der Waals surface area contributed by atoms with Crippen LogP contribution in [0.4, 0.5) is 0 Å². The van der Waals surface area contributed by atoms with Gasteiger partial charge >= 0.3 is 0 Å². The lowest BCUT2D eigenvalue weighted by Gasteiger charge is -2.06. The van der Waals surface area contributed by atoms with E-state index in [0.29, 0.717) is 5.92 Å². The number of rotatable bonds is 3. The summed E-state index contributed by atoms with van der Waals surface area (Å²) >= 11 is 0. The highest BCUT2D eigenvalue weighted by Gasteiger charge is 2.19. The molecule has 0 heterocycles. The van der Waals surface area contributed by atoms with Gasteiger partial charge in [0, 0.05) is 0 Å². The van der Waals surface area contributed by atoms with Crippen LogP contribution in [-0.2, 0) is 0 Å². The van der Waals surface area contributed by atoms with Crippen molar-refractivity contribution in [1.29, 1.82) is 0 Å². The first kappa shape index (κ1) is 7.80. The predicted octanol–water partition coefficient (Wildman–Crippen LogP) is 1.97. The summed E-state index contributed by atoms with van der Waals surface area (Å²) in [6, 6.07) is 0. The quantitative estimate of drug-likeness (QED) is 0.594. The topological polar surface area (TPSA) is 20.2 Å². The molecule has 0 atom stereocenters. The van der Waals surface area contributed by atoms with Crippen molar-refractivity contribution in [2.45, 2.75) is 26.7 Å². The molecular formula is C9H16O. The molecule has 0 radical (unpaired) electrons. The predicted molar refractivity (Wildman–Crippen MR) is 42.7 cm³/mol. The maximum atomic E-state index is 8.90. The first-order valence-electron chi connectivity index (χ1n) is 4.05.